The summed E-state index contributed by atoms with van der Waals surface area (Å²) in [5.41, 5.74) is 1.30. The summed E-state index contributed by atoms with van der Waals surface area (Å²) in [6.07, 6.45) is 2.06. The number of methoxy groups -OCH3 is 1. The predicted octanol–water partition coefficient (Wildman–Crippen LogP) is 2.97. The third-order valence-corrected chi connectivity index (χ3v) is 4.18. The molecule has 0 bridgehead atoms. The minimum absolute atomic E-state index is 0.256. The maximum absolute atomic E-state index is 12.2. The molecule has 1 aromatic heterocycles. The number of aromatic nitrogens is 2. The largest absolute Gasteiger partial charge is 0.469 e. The zero-order valence-corrected chi connectivity index (χ0v) is 18.2. The van der Waals surface area contributed by atoms with Gasteiger partial charge in [-0.1, -0.05) is 13.8 Å². The molecule has 0 aromatic carbocycles. The average Bonchev–Trinajstić information content (AvgIpc) is 2.67. The number of esters is 1. The molecule has 1 aromatic rings. The van der Waals surface area contributed by atoms with Crippen molar-refractivity contribution in [1.82, 2.24) is 14.9 Å². The molecule has 1 aliphatic rings. The molecule has 0 saturated carbocycles. The third kappa shape index (κ3) is 6.98. The summed E-state index contributed by atoms with van der Waals surface area (Å²) >= 11 is 0. The van der Waals surface area contributed by atoms with E-state index in [-0.39, 0.29) is 18.5 Å². The van der Waals surface area contributed by atoms with Gasteiger partial charge in [0, 0.05) is 43.9 Å². The van der Waals surface area contributed by atoms with Gasteiger partial charge in [0.1, 0.15) is 17.7 Å². The van der Waals surface area contributed by atoms with Crippen molar-refractivity contribution in [2.75, 3.05) is 38.2 Å². The fourth-order valence-electron chi connectivity index (χ4n) is 2.81. The van der Waals surface area contributed by atoms with Crippen molar-refractivity contribution in [3.63, 3.8) is 0 Å². The van der Waals surface area contributed by atoms with Crippen LogP contribution in [0.2, 0.25) is 0 Å². The zero-order valence-electron chi connectivity index (χ0n) is 18.2. The Balaban J connectivity index is 0.00000190. The van der Waals surface area contributed by atoms with Crippen LogP contribution in [-0.2, 0) is 20.7 Å². The van der Waals surface area contributed by atoms with E-state index in [0.29, 0.717) is 32.6 Å². The molecule has 8 heteroatoms. The second-order valence-corrected chi connectivity index (χ2v) is 7.29. The molecule has 2 rings (SSSR count). The van der Waals surface area contributed by atoms with Crippen molar-refractivity contribution in [1.29, 1.82) is 0 Å². The molecular weight excluding hydrogens is 360 g/mol. The number of aryl methyl sites for hydroxylation is 1. The van der Waals surface area contributed by atoms with Gasteiger partial charge >= 0.3 is 12.1 Å². The fourth-order valence-corrected chi connectivity index (χ4v) is 2.81. The number of anilines is 1. The van der Waals surface area contributed by atoms with Gasteiger partial charge in [0.25, 0.3) is 0 Å². The molecule has 0 spiro atoms. The Morgan fingerprint density at radius 1 is 1.11 bits per heavy atom. The maximum Gasteiger partial charge on any atom is 0.410 e. The van der Waals surface area contributed by atoms with E-state index in [1.165, 1.54) is 13.4 Å². The number of ether oxygens (including phenoxy) is 2. The lowest BCUT2D eigenvalue weighted by atomic mass is 10.1. The molecule has 2 heterocycles. The highest BCUT2D eigenvalue weighted by Gasteiger charge is 2.27. The van der Waals surface area contributed by atoms with Gasteiger partial charge in [0.15, 0.2) is 0 Å². The van der Waals surface area contributed by atoms with Crippen molar-refractivity contribution < 1.29 is 19.1 Å². The molecule has 0 unspecified atom stereocenters. The molecule has 1 fully saturated rings. The van der Waals surface area contributed by atoms with Crippen LogP contribution in [0.5, 0.6) is 0 Å². The van der Waals surface area contributed by atoms with Crippen LogP contribution < -0.4 is 4.90 Å². The van der Waals surface area contributed by atoms with E-state index in [1.54, 1.807) is 4.90 Å². The normalized spacial score (nSPS) is 14.1. The standard InChI is InChI=1S/C18H28N4O4.C2H6/c1-13-14(6-7-15(23)25-5)16(20-12-19-13)21-8-10-22(11-9-21)17(24)26-18(2,3)4;1-2/h12H,6-11H2,1-5H3;1-2H3. The van der Waals surface area contributed by atoms with Crippen molar-refractivity contribution in [2.24, 2.45) is 0 Å². The maximum atomic E-state index is 12.2. The summed E-state index contributed by atoms with van der Waals surface area (Å²) in [4.78, 5) is 36.2. The van der Waals surface area contributed by atoms with E-state index < -0.39 is 5.60 Å². The van der Waals surface area contributed by atoms with Gasteiger partial charge in [-0.25, -0.2) is 14.8 Å². The number of amides is 1. The van der Waals surface area contributed by atoms with Gasteiger partial charge in [0.05, 0.1) is 7.11 Å². The first-order chi connectivity index (χ1) is 13.2. The Bertz CT molecular complexity index is 650. The first-order valence-electron chi connectivity index (χ1n) is 9.81. The van der Waals surface area contributed by atoms with Crippen molar-refractivity contribution in [2.45, 2.75) is 60.0 Å². The highest BCUT2D eigenvalue weighted by molar-refractivity contribution is 5.70. The Kier molecular flexibility index (Phi) is 9.15. The van der Waals surface area contributed by atoms with Gasteiger partial charge in [-0.2, -0.15) is 0 Å². The molecule has 1 saturated heterocycles. The number of piperazine rings is 1. The van der Waals surface area contributed by atoms with Crippen molar-refractivity contribution in [3.8, 4) is 0 Å². The molecule has 0 N–H and O–H groups in total. The quantitative estimate of drug-likeness (QED) is 0.726. The fraction of sp³-hybridized carbons (Fsp3) is 0.700. The summed E-state index contributed by atoms with van der Waals surface area (Å²) in [5, 5.41) is 0. The molecule has 1 aliphatic heterocycles. The SMILES string of the molecule is CC.COC(=O)CCc1c(C)ncnc1N1CCN(C(=O)OC(C)(C)C)CC1. The Labute approximate surface area is 168 Å². The number of rotatable bonds is 4. The third-order valence-electron chi connectivity index (χ3n) is 4.18. The summed E-state index contributed by atoms with van der Waals surface area (Å²) in [6.45, 7) is 13.9. The minimum atomic E-state index is -0.501. The highest BCUT2D eigenvalue weighted by Crippen LogP contribution is 2.23. The van der Waals surface area contributed by atoms with Crippen molar-refractivity contribution in [3.05, 3.63) is 17.6 Å². The summed E-state index contributed by atoms with van der Waals surface area (Å²) in [5.74, 6) is 0.569. The zero-order chi connectivity index (χ0) is 21.3. The van der Waals surface area contributed by atoms with Crippen LogP contribution in [-0.4, -0.2) is 65.8 Å². The second-order valence-electron chi connectivity index (χ2n) is 7.29. The van der Waals surface area contributed by atoms with Crippen LogP contribution in [0.1, 0.15) is 52.3 Å². The summed E-state index contributed by atoms with van der Waals surface area (Å²) < 4.78 is 10.2. The number of carbonyl (C=O) groups excluding carboxylic acids is 2. The first kappa shape index (κ1) is 23.7. The molecule has 1 amide bonds. The first-order valence-corrected chi connectivity index (χ1v) is 9.81. The van der Waals surface area contributed by atoms with E-state index >= 15 is 0 Å². The smallest absolute Gasteiger partial charge is 0.410 e. The van der Waals surface area contributed by atoms with Gasteiger partial charge < -0.3 is 19.3 Å². The Morgan fingerprint density at radius 2 is 1.71 bits per heavy atom. The predicted molar refractivity (Wildman–Crippen MR) is 108 cm³/mol. The van der Waals surface area contributed by atoms with E-state index in [9.17, 15) is 9.59 Å². The number of nitrogens with zero attached hydrogens (tertiary/aromatic N) is 4. The molecule has 28 heavy (non-hydrogen) atoms. The number of carbonyl (C=O) groups is 2. The van der Waals surface area contributed by atoms with Gasteiger partial charge in [-0.05, 0) is 34.1 Å². The van der Waals surface area contributed by atoms with Gasteiger partial charge in [0.2, 0.25) is 0 Å². The van der Waals surface area contributed by atoms with Gasteiger partial charge in [-0.3, -0.25) is 4.79 Å². The number of hydrogen-bond donors (Lipinski definition) is 0. The lowest BCUT2D eigenvalue weighted by Gasteiger charge is -2.36. The minimum Gasteiger partial charge on any atom is -0.469 e. The Morgan fingerprint density at radius 3 is 2.25 bits per heavy atom. The van der Waals surface area contributed by atoms with Crippen molar-refractivity contribution >= 4 is 17.9 Å². The monoisotopic (exact) mass is 394 g/mol. The molecule has 0 atom stereocenters. The van der Waals surface area contributed by atoms with Gasteiger partial charge in [-0.15, -0.1) is 0 Å². The summed E-state index contributed by atoms with van der Waals surface area (Å²) in [6, 6.07) is 0. The van der Waals surface area contributed by atoms with Crippen LogP contribution in [0, 0.1) is 6.92 Å². The average molecular weight is 395 g/mol. The highest BCUT2D eigenvalue weighted by atomic mass is 16.6. The number of hydrogen-bond acceptors (Lipinski definition) is 7. The van der Waals surface area contributed by atoms with E-state index in [0.717, 1.165) is 17.1 Å². The van der Waals surface area contributed by atoms with Crippen LogP contribution >= 0.6 is 0 Å². The molecule has 8 nitrogen and oxygen atoms in total. The lowest BCUT2D eigenvalue weighted by molar-refractivity contribution is -0.140. The molecular formula is C20H34N4O4. The van der Waals surface area contributed by atoms with E-state index in [1.807, 2.05) is 41.5 Å². The molecule has 0 radical (unpaired) electrons. The second kappa shape index (κ2) is 10.8. The topological polar surface area (TPSA) is 84.9 Å². The summed E-state index contributed by atoms with van der Waals surface area (Å²) in [7, 11) is 1.38. The lowest BCUT2D eigenvalue weighted by Crippen LogP contribution is -2.50. The van der Waals surface area contributed by atoms with E-state index in [4.69, 9.17) is 9.47 Å². The van der Waals surface area contributed by atoms with E-state index in [2.05, 4.69) is 14.9 Å². The molecule has 158 valence electrons. The Hall–Kier alpha value is -2.38. The van der Waals surface area contributed by atoms with Crippen LogP contribution in [0.3, 0.4) is 0 Å². The van der Waals surface area contributed by atoms with Crippen LogP contribution in [0.4, 0.5) is 10.6 Å². The van der Waals surface area contributed by atoms with Crippen LogP contribution in [0.25, 0.3) is 0 Å². The van der Waals surface area contributed by atoms with Crippen LogP contribution in [0.15, 0.2) is 6.33 Å². The molecule has 0 aliphatic carbocycles.